The van der Waals surface area contributed by atoms with Crippen LogP contribution in [0.2, 0.25) is 0 Å². The van der Waals surface area contributed by atoms with Gasteiger partial charge in [0.1, 0.15) is 5.75 Å². The minimum absolute atomic E-state index is 0.414. The van der Waals surface area contributed by atoms with E-state index in [1.807, 2.05) is 37.3 Å². The highest BCUT2D eigenvalue weighted by molar-refractivity contribution is 6.00. The number of oxime groups is 1. The van der Waals surface area contributed by atoms with Crippen LogP contribution < -0.4 is 4.74 Å². The Hall–Kier alpha value is -2.60. The van der Waals surface area contributed by atoms with Gasteiger partial charge in [0.2, 0.25) is 5.88 Å². The minimum atomic E-state index is 0.414. The van der Waals surface area contributed by atoms with Crippen molar-refractivity contribution in [2.75, 3.05) is 33.2 Å². The summed E-state index contributed by atoms with van der Waals surface area (Å²) in [6.45, 7) is 9.83. The van der Waals surface area contributed by atoms with Crippen LogP contribution >= 0.6 is 0 Å². The van der Waals surface area contributed by atoms with Gasteiger partial charge in [0.25, 0.3) is 0 Å². The molecule has 6 heteroatoms. The first-order valence-electron chi connectivity index (χ1n) is 9.89. The van der Waals surface area contributed by atoms with Crippen molar-refractivity contribution in [3.63, 3.8) is 0 Å². The van der Waals surface area contributed by atoms with Gasteiger partial charge in [-0.1, -0.05) is 31.1 Å². The number of hydrogen-bond donors (Lipinski definition) is 1. The second-order valence-electron chi connectivity index (χ2n) is 7.70. The molecule has 0 amide bonds. The maximum Gasteiger partial charge on any atom is 0.230 e. The fraction of sp³-hybridized carbons (Fsp3) is 0.455. The maximum absolute atomic E-state index is 9.82. The number of nitrogens with zero attached hydrogens (tertiary/aromatic N) is 4. The Morgan fingerprint density at radius 2 is 1.96 bits per heavy atom. The highest BCUT2D eigenvalue weighted by Gasteiger charge is 2.22. The molecule has 0 aliphatic carbocycles. The number of likely N-dealkylation sites (N-methyl/N-ethyl adjacent to an activating group) is 1. The molecule has 0 radical (unpaired) electrons. The topological polar surface area (TPSA) is 61.2 Å². The van der Waals surface area contributed by atoms with E-state index in [1.165, 1.54) is 5.56 Å². The minimum Gasteiger partial charge on any atom is -0.438 e. The molecular formula is C22H30N4O2. The van der Waals surface area contributed by atoms with Gasteiger partial charge in [-0.05, 0) is 62.7 Å². The van der Waals surface area contributed by atoms with Crippen LogP contribution in [-0.4, -0.2) is 59.1 Å². The molecule has 1 aliphatic rings. The first-order valence-corrected chi connectivity index (χ1v) is 9.89. The van der Waals surface area contributed by atoms with Crippen molar-refractivity contribution in [1.82, 2.24) is 14.8 Å². The lowest BCUT2D eigenvalue weighted by Gasteiger charge is -2.24. The molecule has 1 fully saturated rings. The van der Waals surface area contributed by atoms with E-state index in [1.54, 1.807) is 0 Å². The second-order valence-corrected chi connectivity index (χ2v) is 7.70. The average molecular weight is 383 g/mol. The van der Waals surface area contributed by atoms with Gasteiger partial charge in [-0.2, -0.15) is 0 Å². The summed E-state index contributed by atoms with van der Waals surface area (Å²) in [5.74, 6) is 2.12. The van der Waals surface area contributed by atoms with Crippen molar-refractivity contribution in [2.24, 2.45) is 5.16 Å². The van der Waals surface area contributed by atoms with Gasteiger partial charge >= 0.3 is 0 Å². The molecule has 1 aliphatic heterocycles. The predicted molar refractivity (Wildman–Crippen MR) is 112 cm³/mol. The molecular weight excluding hydrogens is 352 g/mol. The summed E-state index contributed by atoms with van der Waals surface area (Å²) < 4.78 is 6.17. The third-order valence-corrected chi connectivity index (χ3v) is 5.09. The van der Waals surface area contributed by atoms with Gasteiger partial charge in [-0.3, -0.25) is 0 Å². The fourth-order valence-corrected chi connectivity index (χ4v) is 3.38. The highest BCUT2D eigenvalue weighted by Crippen LogP contribution is 2.28. The number of pyridine rings is 1. The van der Waals surface area contributed by atoms with Crippen LogP contribution in [-0.2, 0) is 0 Å². The molecule has 0 saturated carbocycles. The Labute approximate surface area is 167 Å². The monoisotopic (exact) mass is 382 g/mol. The van der Waals surface area contributed by atoms with E-state index in [2.05, 4.69) is 46.9 Å². The van der Waals surface area contributed by atoms with Crippen molar-refractivity contribution >= 4 is 5.84 Å². The van der Waals surface area contributed by atoms with Crippen molar-refractivity contribution in [3.05, 3.63) is 53.2 Å². The second kappa shape index (κ2) is 9.06. The summed E-state index contributed by atoms with van der Waals surface area (Å²) in [5, 5.41) is 13.4. The number of rotatable bonds is 4. The summed E-state index contributed by atoms with van der Waals surface area (Å²) in [4.78, 5) is 8.99. The molecule has 1 saturated heterocycles. The summed E-state index contributed by atoms with van der Waals surface area (Å²) in [6.07, 6.45) is 1.02. The molecule has 0 bridgehead atoms. The van der Waals surface area contributed by atoms with Crippen molar-refractivity contribution in [1.29, 1.82) is 0 Å². The van der Waals surface area contributed by atoms with Crippen LogP contribution in [0.3, 0.4) is 0 Å². The van der Waals surface area contributed by atoms with Gasteiger partial charge in [-0.15, -0.1) is 0 Å². The van der Waals surface area contributed by atoms with Gasteiger partial charge in [0, 0.05) is 25.3 Å². The Balaban J connectivity index is 1.92. The third kappa shape index (κ3) is 4.81. The van der Waals surface area contributed by atoms with E-state index < -0.39 is 0 Å². The number of amidine groups is 1. The van der Waals surface area contributed by atoms with Crippen LogP contribution in [0, 0.1) is 6.92 Å². The average Bonchev–Trinajstić information content (AvgIpc) is 2.89. The Kier molecular flexibility index (Phi) is 6.52. The van der Waals surface area contributed by atoms with Crippen LogP contribution in [0.25, 0.3) is 0 Å². The molecule has 1 aromatic carbocycles. The van der Waals surface area contributed by atoms with Crippen LogP contribution in [0.1, 0.15) is 43.0 Å². The zero-order chi connectivity index (χ0) is 20.1. The van der Waals surface area contributed by atoms with Gasteiger partial charge in [0.05, 0.1) is 5.56 Å². The number of aromatic nitrogens is 1. The number of benzene rings is 1. The van der Waals surface area contributed by atoms with Crippen molar-refractivity contribution < 1.29 is 9.94 Å². The summed E-state index contributed by atoms with van der Waals surface area (Å²) in [5.41, 5.74) is 2.76. The molecule has 1 N–H and O–H groups in total. The Morgan fingerprint density at radius 3 is 2.71 bits per heavy atom. The first kappa shape index (κ1) is 20.1. The molecule has 0 atom stereocenters. The summed E-state index contributed by atoms with van der Waals surface area (Å²) in [7, 11) is 2.11. The zero-order valence-corrected chi connectivity index (χ0v) is 17.2. The molecule has 6 nitrogen and oxygen atoms in total. The number of hydrogen-bond acceptors (Lipinski definition) is 5. The normalized spacial score (nSPS) is 16.3. The molecule has 1 aromatic heterocycles. The van der Waals surface area contributed by atoms with E-state index in [4.69, 9.17) is 4.74 Å². The quantitative estimate of drug-likeness (QED) is 0.374. The largest absolute Gasteiger partial charge is 0.438 e. The zero-order valence-electron chi connectivity index (χ0n) is 17.2. The maximum atomic E-state index is 9.82. The Bertz CT molecular complexity index is 835. The standard InChI is InChI=1S/C22H30N4O2/c1-16(2)18-7-5-8-19(15-18)28-22-20(10-9-17(3)23-22)21(24-27)26-12-6-11-25(4)13-14-26/h5,7-10,15-16,27H,6,11-14H2,1-4H3/b24-21-. The first-order chi connectivity index (χ1) is 13.5. The van der Waals surface area contributed by atoms with Crippen molar-refractivity contribution in [3.8, 4) is 11.6 Å². The number of aryl methyl sites for hydroxylation is 1. The predicted octanol–water partition coefficient (Wildman–Crippen LogP) is 4.08. The van der Waals surface area contributed by atoms with Gasteiger partial charge in [-0.25, -0.2) is 4.98 Å². The van der Waals surface area contributed by atoms with E-state index in [0.717, 1.165) is 44.0 Å². The van der Waals surface area contributed by atoms with E-state index in [9.17, 15) is 5.21 Å². The summed E-state index contributed by atoms with van der Waals surface area (Å²) >= 11 is 0. The fourth-order valence-electron chi connectivity index (χ4n) is 3.38. The van der Waals surface area contributed by atoms with Gasteiger partial charge in [0.15, 0.2) is 5.84 Å². The van der Waals surface area contributed by atoms with E-state index in [0.29, 0.717) is 23.2 Å². The Morgan fingerprint density at radius 1 is 1.14 bits per heavy atom. The number of ether oxygens (including phenoxy) is 1. The molecule has 3 rings (SSSR count). The lowest BCUT2D eigenvalue weighted by molar-refractivity contribution is 0.298. The SMILES string of the molecule is Cc1ccc(/C(=N/O)N2CCCN(C)CC2)c(Oc2cccc(C(C)C)c2)n1. The smallest absolute Gasteiger partial charge is 0.230 e. The van der Waals surface area contributed by atoms with Crippen LogP contribution in [0.5, 0.6) is 11.6 Å². The highest BCUT2D eigenvalue weighted by atomic mass is 16.5. The molecule has 0 spiro atoms. The third-order valence-electron chi connectivity index (χ3n) is 5.09. The molecule has 2 heterocycles. The van der Waals surface area contributed by atoms with Crippen LogP contribution in [0.15, 0.2) is 41.6 Å². The summed E-state index contributed by atoms with van der Waals surface area (Å²) in [6, 6.07) is 11.9. The lowest BCUT2D eigenvalue weighted by atomic mass is 10.0. The molecule has 150 valence electrons. The van der Waals surface area contributed by atoms with Gasteiger partial charge < -0.3 is 19.7 Å². The molecule has 0 unspecified atom stereocenters. The van der Waals surface area contributed by atoms with Crippen LogP contribution in [0.4, 0.5) is 0 Å². The van der Waals surface area contributed by atoms with Crippen molar-refractivity contribution in [2.45, 2.75) is 33.1 Å². The molecule has 28 heavy (non-hydrogen) atoms. The van der Waals surface area contributed by atoms with E-state index >= 15 is 0 Å². The molecule has 2 aromatic rings. The lowest BCUT2D eigenvalue weighted by Crippen LogP contribution is -2.35. The van der Waals surface area contributed by atoms with E-state index in [-0.39, 0.29) is 0 Å².